The van der Waals surface area contributed by atoms with E-state index in [1.165, 1.54) is 32.4 Å². The molecule has 0 heterocycles. The molecule has 0 aromatic heterocycles. The van der Waals surface area contributed by atoms with Crippen molar-refractivity contribution in [3.8, 4) is 0 Å². The largest absolute Gasteiger partial charge is 0.277 e. The van der Waals surface area contributed by atoms with Crippen LogP contribution in [0, 0.1) is 0 Å². The van der Waals surface area contributed by atoms with Crippen molar-refractivity contribution in [3.05, 3.63) is 64.7 Å². The maximum atomic E-state index is 12.5. The van der Waals surface area contributed by atoms with Crippen molar-refractivity contribution in [3.63, 3.8) is 0 Å². The van der Waals surface area contributed by atoms with E-state index in [9.17, 15) is 13.2 Å². The van der Waals surface area contributed by atoms with E-state index in [-0.39, 0.29) is 22.0 Å². The molecule has 1 amide bonds. The minimum atomic E-state index is -3.87. The van der Waals surface area contributed by atoms with Crippen LogP contribution in [0.15, 0.2) is 53.4 Å². The van der Waals surface area contributed by atoms with Gasteiger partial charge in [0.25, 0.3) is 5.91 Å². The van der Waals surface area contributed by atoms with Crippen LogP contribution in [0.25, 0.3) is 0 Å². The van der Waals surface area contributed by atoms with Gasteiger partial charge in [0.2, 0.25) is 10.0 Å². The molecule has 8 heteroatoms. The van der Waals surface area contributed by atoms with Crippen LogP contribution < -0.4 is 4.72 Å². The molecule has 0 unspecified atom stereocenters. The Morgan fingerprint density at radius 1 is 1.21 bits per heavy atom. The molecule has 0 saturated heterocycles. The maximum absolute atomic E-state index is 12.5. The second-order valence-electron chi connectivity index (χ2n) is 4.94. The molecule has 0 aliphatic rings. The van der Waals surface area contributed by atoms with Gasteiger partial charge in [0.15, 0.2) is 0 Å². The number of hydrogen-bond acceptors (Lipinski definition) is 4. The number of nitrogens with one attached hydrogen (secondary N) is 1. The molecule has 0 radical (unpaired) electrons. The smallest absolute Gasteiger partial charge is 0.274 e. The summed E-state index contributed by atoms with van der Waals surface area (Å²) in [6.07, 6.45) is 0. The quantitative estimate of drug-likeness (QED) is 0.795. The summed E-state index contributed by atoms with van der Waals surface area (Å²) in [7, 11) is -1.10. The Morgan fingerprint density at radius 2 is 1.88 bits per heavy atom. The second kappa shape index (κ2) is 7.76. The molecule has 0 saturated carbocycles. The Kier molecular flexibility index (Phi) is 5.95. The summed E-state index contributed by atoms with van der Waals surface area (Å²) in [6.45, 7) is 0.121. The number of amides is 1. The molecule has 24 heavy (non-hydrogen) atoms. The number of sulfonamides is 1. The van der Waals surface area contributed by atoms with Crippen LogP contribution in [0.4, 0.5) is 0 Å². The van der Waals surface area contributed by atoms with Crippen molar-refractivity contribution in [2.45, 2.75) is 11.4 Å². The Hall–Kier alpha value is -1.93. The zero-order chi connectivity index (χ0) is 17.7. The second-order valence-corrected chi connectivity index (χ2v) is 7.08. The molecular formula is C16H17ClN2O4S. The first-order valence-corrected chi connectivity index (χ1v) is 8.86. The number of carbonyl (C=O) groups excluding carboxylic acids is 1. The lowest BCUT2D eigenvalue weighted by molar-refractivity contribution is -0.0757. The number of halogens is 1. The number of carbonyl (C=O) groups is 1. The van der Waals surface area contributed by atoms with Gasteiger partial charge in [-0.1, -0.05) is 41.9 Å². The average Bonchev–Trinajstić information content (AvgIpc) is 2.60. The Labute approximate surface area is 146 Å². The number of benzene rings is 2. The van der Waals surface area contributed by atoms with E-state index >= 15 is 0 Å². The number of hydrogen-bond donors (Lipinski definition) is 1. The number of hydroxylamine groups is 2. The third kappa shape index (κ3) is 4.33. The first-order valence-electron chi connectivity index (χ1n) is 7.00. The Morgan fingerprint density at radius 3 is 2.50 bits per heavy atom. The predicted molar refractivity (Wildman–Crippen MR) is 91.0 cm³/mol. The molecule has 2 aromatic rings. The van der Waals surface area contributed by atoms with Crippen molar-refractivity contribution in [1.82, 2.24) is 9.79 Å². The third-order valence-electron chi connectivity index (χ3n) is 3.34. The van der Waals surface area contributed by atoms with Gasteiger partial charge in [-0.3, -0.25) is 9.63 Å². The molecule has 128 valence electrons. The molecular weight excluding hydrogens is 352 g/mol. The standard InChI is InChI=1S/C16H17ClN2O4S/c1-19(23-2)16(20)13-8-9-14(17)15(10-13)24(21,22)18-11-12-6-4-3-5-7-12/h3-10,18H,11H2,1-2H3. The van der Waals surface area contributed by atoms with Gasteiger partial charge in [0, 0.05) is 19.2 Å². The Balaban J connectivity index is 2.27. The summed E-state index contributed by atoms with van der Waals surface area (Å²) in [5.41, 5.74) is 0.965. The number of nitrogens with zero attached hydrogens (tertiary/aromatic N) is 1. The van der Waals surface area contributed by atoms with Crippen molar-refractivity contribution in [2.24, 2.45) is 0 Å². The highest BCUT2D eigenvalue weighted by Gasteiger charge is 2.21. The fourth-order valence-electron chi connectivity index (χ4n) is 1.96. The molecule has 0 atom stereocenters. The molecule has 0 aliphatic carbocycles. The van der Waals surface area contributed by atoms with E-state index in [0.717, 1.165) is 10.6 Å². The van der Waals surface area contributed by atoms with Gasteiger partial charge in [-0.2, -0.15) is 0 Å². The topological polar surface area (TPSA) is 75.7 Å². The van der Waals surface area contributed by atoms with Crippen LogP contribution in [0.1, 0.15) is 15.9 Å². The lowest BCUT2D eigenvalue weighted by Gasteiger charge is -2.15. The molecule has 0 bridgehead atoms. The number of rotatable bonds is 6. The van der Waals surface area contributed by atoms with Crippen molar-refractivity contribution >= 4 is 27.5 Å². The normalized spacial score (nSPS) is 11.3. The van der Waals surface area contributed by atoms with Crippen LogP contribution in [0.2, 0.25) is 5.02 Å². The lowest BCUT2D eigenvalue weighted by Crippen LogP contribution is -2.27. The Bertz CT molecular complexity index is 825. The van der Waals surface area contributed by atoms with Gasteiger partial charge < -0.3 is 0 Å². The zero-order valence-electron chi connectivity index (χ0n) is 13.2. The van der Waals surface area contributed by atoms with E-state index < -0.39 is 15.9 Å². The van der Waals surface area contributed by atoms with Gasteiger partial charge in [-0.25, -0.2) is 18.2 Å². The van der Waals surface area contributed by atoms with E-state index in [2.05, 4.69) is 4.72 Å². The van der Waals surface area contributed by atoms with Gasteiger partial charge in [-0.05, 0) is 23.8 Å². The van der Waals surface area contributed by atoms with Crippen LogP contribution in [-0.2, 0) is 21.4 Å². The van der Waals surface area contributed by atoms with Gasteiger partial charge in [0.1, 0.15) is 4.90 Å². The SMILES string of the molecule is CON(C)C(=O)c1ccc(Cl)c(S(=O)(=O)NCc2ccccc2)c1. The summed E-state index contributed by atoms with van der Waals surface area (Å²) in [5, 5.41) is 1.03. The van der Waals surface area contributed by atoms with Crippen LogP contribution >= 0.6 is 11.6 Å². The summed E-state index contributed by atoms with van der Waals surface area (Å²) in [4.78, 5) is 16.7. The van der Waals surface area contributed by atoms with E-state index in [4.69, 9.17) is 16.4 Å². The summed E-state index contributed by atoms with van der Waals surface area (Å²) in [6, 6.07) is 13.1. The van der Waals surface area contributed by atoms with E-state index in [1.54, 1.807) is 12.1 Å². The fourth-order valence-corrected chi connectivity index (χ4v) is 3.50. The highest BCUT2D eigenvalue weighted by molar-refractivity contribution is 7.89. The van der Waals surface area contributed by atoms with Gasteiger partial charge >= 0.3 is 0 Å². The van der Waals surface area contributed by atoms with Crippen molar-refractivity contribution < 1.29 is 18.0 Å². The van der Waals surface area contributed by atoms with Crippen molar-refractivity contribution in [2.75, 3.05) is 14.2 Å². The fraction of sp³-hybridized carbons (Fsp3) is 0.188. The molecule has 0 spiro atoms. The highest BCUT2D eigenvalue weighted by atomic mass is 35.5. The summed E-state index contributed by atoms with van der Waals surface area (Å²) < 4.78 is 27.5. The first kappa shape index (κ1) is 18.4. The van der Waals surface area contributed by atoms with E-state index in [0.29, 0.717) is 0 Å². The first-order chi connectivity index (χ1) is 11.3. The summed E-state index contributed by atoms with van der Waals surface area (Å²) >= 11 is 6.01. The molecule has 6 nitrogen and oxygen atoms in total. The molecule has 2 aromatic carbocycles. The molecule has 0 aliphatic heterocycles. The van der Waals surface area contributed by atoms with Gasteiger partial charge in [0.05, 0.1) is 12.1 Å². The third-order valence-corrected chi connectivity index (χ3v) is 5.22. The average molecular weight is 369 g/mol. The lowest BCUT2D eigenvalue weighted by atomic mass is 10.2. The minimum absolute atomic E-state index is 0.0344. The minimum Gasteiger partial charge on any atom is -0.274 e. The molecule has 2 rings (SSSR count). The molecule has 1 N–H and O–H groups in total. The zero-order valence-corrected chi connectivity index (χ0v) is 14.8. The van der Waals surface area contributed by atoms with Crippen LogP contribution in [0.5, 0.6) is 0 Å². The monoisotopic (exact) mass is 368 g/mol. The van der Waals surface area contributed by atoms with Crippen molar-refractivity contribution in [1.29, 1.82) is 0 Å². The van der Waals surface area contributed by atoms with Crippen LogP contribution in [-0.4, -0.2) is 33.5 Å². The summed E-state index contributed by atoms with van der Waals surface area (Å²) in [5.74, 6) is -0.478. The van der Waals surface area contributed by atoms with Gasteiger partial charge in [-0.15, -0.1) is 0 Å². The maximum Gasteiger partial charge on any atom is 0.277 e. The highest BCUT2D eigenvalue weighted by Crippen LogP contribution is 2.23. The van der Waals surface area contributed by atoms with E-state index in [1.807, 2.05) is 18.2 Å². The van der Waals surface area contributed by atoms with Crippen LogP contribution in [0.3, 0.4) is 0 Å². The molecule has 0 fully saturated rings. The predicted octanol–water partition coefficient (Wildman–Crippen LogP) is 2.45.